The van der Waals surface area contributed by atoms with E-state index in [0.29, 0.717) is 6.54 Å². The van der Waals surface area contributed by atoms with Crippen LogP contribution in [-0.4, -0.2) is 25.4 Å². The van der Waals surface area contributed by atoms with E-state index in [2.05, 4.69) is 10.6 Å². The summed E-state index contributed by atoms with van der Waals surface area (Å²) in [5, 5.41) is 5.77. The van der Waals surface area contributed by atoms with Crippen LogP contribution in [0.2, 0.25) is 0 Å². The average molecular weight is 292 g/mol. The minimum absolute atomic E-state index is 0.0201. The van der Waals surface area contributed by atoms with Gasteiger partial charge in [0.2, 0.25) is 11.8 Å². The van der Waals surface area contributed by atoms with Crippen molar-refractivity contribution in [2.45, 2.75) is 52.4 Å². The molecule has 21 heavy (non-hydrogen) atoms. The van der Waals surface area contributed by atoms with Crippen molar-refractivity contribution in [2.75, 3.05) is 13.6 Å². The molecule has 4 saturated carbocycles. The van der Waals surface area contributed by atoms with E-state index in [0.717, 1.165) is 37.0 Å². The van der Waals surface area contributed by atoms with E-state index in [4.69, 9.17) is 0 Å². The average Bonchev–Trinajstić information content (AvgIpc) is 2.42. The van der Waals surface area contributed by atoms with Gasteiger partial charge in [-0.15, -0.1) is 0 Å². The highest BCUT2D eigenvalue weighted by Crippen LogP contribution is 2.60. The van der Waals surface area contributed by atoms with Crippen LogP contribution in [-0.2, 0) is 9.59 Å². The standard InChI is InChI=1S/C17H28N2O2/c1-16(2,14(20)18-3)10-19-15(21)17-7-11-4-12(8-17)6-13(5-11)9-17/h11-13H,4-10H2,1-3H3,(H,18,20)(H,19,21). The second-order valence-electron chi connectivity index (χ2n) is 8.34. The summed E-state index contributed by atoms with van der Waals surface area (Å²) in [6, 6.07) is 0. The Morgan fingerprint density at radius 1 is 1.05 bits per heavy atom. The van der Waals surface area contributed by atoms with Gasteiger partial charge in [-0.25, -0.2) is 0 Å². The first-order valence-corrected chi connectivity index (χ1v) is 8.35. The first kappa shape index (κ1) is 14.9. The topological polar surface area (TPSA) is 58.2 Å². The summed E-state index contributed by atoms with van der Waals surface area (Å²) >= 11 is 0. The highest BCUT2D eigenvalue weighted by Gasteiger charge is 2.54. The zero-order chi connectivity index (χ0) is 15.3. The molecule has 4 fully saturated rings. The third kappa shape index (κ3) is 2.58. The van der Waals surface area contributed by atoms with Crippen LogP contribution in [0.3, 0.4) is 0 Å². The minimum Gasteiger partial charge on any atom is -0.359 e. The number of amides is 2. The molecule has 0 unspecified atom stereocenters. The molecular formula is C17H28N2O2. The number of carbonyl (C=O) groups is 2. The maximum atomic E-state index is 12.8. The van der Waals surface area contributed by atoms with Gasteiger partial charge >= 0.3 is 0 Å². The van der Waals surface area contributed by atoms with Crippen molar-refractivity contribution in [3.05, 3.63) is 0 Å². The first-order valence-electron chi connectivity index (χ1n) is 8.35. The summed E-state index contributed by atoms with van der Waals surface area (Å²) in [6.45, 7) is 4.19. The van der Waals surface area contributed by atoms with Gasteiger partial charge in [0.1, 0.15) is 0 Å². The lowest BCUT2D eigenvalue weighted by atomic mass is 9.49. The van der Waals surface area contributed by atoms with Gasteiger partial charge in [0.15, 0.2) is 0 Å². The Balaban J connectivity index is 1.65. The van der Waals surface area contributed by atoms with Gasteiger partial charge in [-0.2, -0.15) is 0 Å². The molecule has 0 aromatic heterocycles. The Bertz CT molecular complexity index is 420. The van der Waals surface area contributed by atoms with Crippen molar-refractivity contribution in [2.24, 2.45) is 28.6 Å². The van der Waals surface area contributed by atoms with E-state index in [1.807, 2.05) is 13.8 Å². The summed E-state index contributed by atoms with van der Waals surface area (Å²) in [4.78, 5) is 24.6. The Morgan fingerprint density at radius 3 is 1.95 bits per heavy atom. The molecule has 4 bridgehead atoms. The molecule has 4 heteroatoms. The lowest BCUT2D eigenvalue weighted by Gasteiger charge is -2.55. The highest BCUT2D eigenvalue weighted by atomic mass is 16.2. The van der Waals surface area contributed by atoms with E-state index in [9.17, 15) is 9.59 Å². The molecule has 0 aromatic rings. The lowest BCUT2D eigenvalue weighted by molar-refractivity contribution is -0.147. The molecule has 0 heterocycles. The van der Waals surface area contributed by atoms with E-state index < -0.39 is 5.41 Å². The molecule has 0 atom stereocenters. The first-order chi connectivity index (χ1) is 9.84. The summed E-state index contributed by atoms with van der Waals surface area (Å²) in [5.41, 5.74) is -0.666. The molecule has 4 aliphatic rings. The number of hydrogen-bond donors (Lipinski definition) is 2. The van der Waals surface area contributed by atoms with E-state index in [1.165, 1.54) is 19.3 Å². The van der Waals surface area contributed by atoms with E-state index >= 15 is 0 Å². The predicted molar refractivity (Wildman–Crippen MR) is 81.5 cm³/mol. The predicted octanol–water partition coefficient (Wildman–Crippen LogP) is 2.09. The van der Waals surface area contributed by atoms with Gasteiger partial charge in [0.05, 0.1) is 5.41 Å². The summed E-state index contributed by atoms with van der Waals surface area (Å²) in [5.74, 6) is 2.50. The summed E-state index contributed by atoms with van der Waals surface area (Å²) in [7, 11) is 1.64. The molecule has 0 saturated heterocycles. The summed E-state index contributed by atoms with van der Waals surface area (Å²) in [6.07, 6.45) is 7.25. The Hall–Kier alpha value is -1.06. The van der Waals surface area contributed by atoms with E-state index in [-0.39, 0.29) is 17.2 Å². The fourth-order valence-corrected chi connectivity index (χ4v) is 5.30. The van der Waals surface area contributed by atoms with Crippen LogP contribution >= 0.6 is 0 Å². The number of carbonyl (C=O) groups excluding carboxylic acids is 2. The molecule has 0 aliphatic heterocycles. The molecule has 2 N–H and O–H groups in total. The molecule has 2 amide bonds. The zero-order valence-electron chi connectivity index (χ0n) is 13.5. The van der Waals surface area contributed by atoms with Gasteiger partial charge in [0.25, 0.3) is 0 Å². The normalized spacial score (nSPS) is 37.4. The van der Waals surface area contributed by atoms with Gasteiger partial charge < -0.3 is 10.6 Å². The van der Waals surface area contributed by atoms with E-state index in [1.54, 1.807) is 7.05 Å². The Labute approximate surface area is 127 Å². The van der Waals surface area contributed by atoms with Crippen molar-refractivity contribution >= 4 is 11.8 Å². The van der Waals surface area contributed by atoms with Crippen LogP contribution in [0.1, 0.15) is 52.4 Å². The van der Waals surface area contributed by atoms with Crippen LogP contribution in [0.15, 0.2) is 0 Å². The molecular weight excluding hydrogens is 264 g/mol. The zero-order valence-corrected chi connectivity index (χ0v) is 13.5. The van der Waals surface area contributed by atoms with Crippen LogP contribution in [0, 0.1) is 28.6 Å². The molecule has 4 rings (SSSR count). The molecule has 4 nitrogen and oxygen atoms in total. The Morgan fingerprint density at radius 2 is 1.52 bits per heavy atom. The molecule has 118 valence electrons. The fourth-order valence-electron chi connectivity index (χ4n) is 5.30. The number of rotatable bonds is 4. The number of nitrogens with one attached hydrogen (secondary N) is 2. The van der Waals surface area contributed by atoms with Crippen LogP contribution < -0.4 is 10.6 Å². The van der Waals surface area contributed by atoms with Crippen molar-refractivity contribution in [1.29, 1.82) is 0 Å². The fraction of sp³-hybridized carbons (Fsp3) is 0.882. The largest absolute Gasteiger partial charge is 0.359 e. The smallest absolute Gasteiger partial charge is 0.227 e. The lowest BCUT2D eigenvalue weighted by Crippen LogP contribution is -2.55. The molecule has 4 aliphatic carbocycles. The van der Waals surface area contributed by atoms with Crippen LogP contribution in [0.5, 0.6) is 0 Å². The third-order valence-electron chi connectivity index (χ3n) is 6.05. The highest BCUT2D eigenvalue weighted by molar-refractivity contribution is 5.85. The Kier molecular flexibility index (Phi) is 3.53. The monoisotopic (exact) mass is 292 g/mol. The minimum atomic E-state index is -0.549. The van der Waals surface area contributed by atoms with Crippen LogP contribution in [0.25, 0.3) is 0 Å². The maximum absolute atomic E-state index is 12.8. The maximum Gasteiger partial charge on any atom is 0.227 e. The van der Waals surface area contributed by atoms with Crippen molar-refractivity contribution in [3.63, 3.8) is 0 Å². The third-order valence-corrected chi connectivity index (χ3v) is 6.05. The SMILES string of the molecule is CNC(=O)C(C)(C)CNC(=O)C12CC3CC(CC(C3)C1)C2. The summed E-state index contributed by atoms with van der Waals surface area (Å²) < 4.78 is 0. The van der Waals surface area contributed by atoms with Crippen molar-refractivity contribution in [1.82, 2.24) is 10.6 Å². The molecule has 0 spiro atoms. The van der Waals surface area contributed by atoms with Gasteiger partial charge in [-0.05, 0) is 70.1 Å². The number of hydrogen-bond acceptors (Lipinski definition) is 2. The molecule has 0 aromatic carbocycles. The van der Waals surface area contributed by atoms with Gasteiger partial charge in [-0.1, -0.05) is 0 Å². The second kappa shape index (κ2) is 4.99. The van der Waals surface area contributed by atoms with Crippen molar-refractivity contribution < 1.29 is 9.59 Å². The second-order valence-corrected chi connectivity index (χ2v) is 8.34. The van der Waals surface area contributed by atoms with Crippen LogP contribution in [0.4, 0.5) is 0 Å². The molecule has 0 radical (unpaired) electrons. The van der Waals surface area contributed by atoms with Gasteiger partial charge in [-0.3, -0.25) is 9.59 Å². The van der Waals surface area contributed by atoms with Crippen molar-refractivity contribution in [3.8, 4) is 0 Å². The van der Waals surface area contributed by atoms with Gasteiger partial charge in [0, 0.05) is 19.0 Å². The quantitative estimate of drug-likeness (QED) is 0.833.